The molecule has 0 aliphatic heterocycles. The number of hydrogen-bond acceptors (Lipinski definition) is 4. The van der Waals surface area contributed by atoms with Gasteiger partial charge in [-0.2, -0.15) is 5.10 Å². The highest BCUT2D eigenvalue weighted by Crippen LogP contribution is 2.21. The average Bonchev–Trinajstić information content (AvgIpc) is 3.21. The van der Waals surface area contributed by atoms with Crippen LogP contribution in [0.2, 0.25) is 0 Å². The summed E-state index contributed by atoms with van der Waals surface area (Å²) in [6.45, 7) is 4.33. The quantitative estimate of drug-likeness (QED) is 0.737. The lowest BCUT2D eigenvalue weighted by molar-refractivity contribution is 0.237. The number of rotatable bonds is 5. The number of nitrogens with zero attached hydrogens (tertiary/aromatic N) is 3. The highest BCUT2D eigenvalue weighted by atomic mass is 32.1. The van der Waals surface area contributed by atoms with Crippen molar-refractivity contribution in [2.24, 2.45) is 7.05 Å². The van der Waals surface area contributed by atoms with E-state index in [1.165, 1.54) is 0 Å². The van der Waals surface area contributed by atoms with Gasteiger partial charge in [0.2, 0.25) is 0 Å². The first-order valence-corrected chi connectivity index (χ1v) is 8.95. The third kappa shape index (κ3) is 4.06. The second-order valence-corrected chi connectivity index (χ2v) is 6.79. The fourth-order valence-electron chi connectivity index (χ4n) is 2.56. The molecule has 2 N–H and O–H groups in total. The molecule has 0 spiro atoms. The lowest BCUT2D eigenvalue weighted by Crippen LogP contribution is -2.36. The van der Waals surface area contributed by atoms with Crippen molar-refractivity contribution in [3.63, 3.8) is 0 Å². The smallest absolute Gasteiger partial charge is 0.315 e. The molecule has 2 amide bonds. The van der Waals surface area contributed by atoms with Gasteiger partial charge in [0.25, 0.3) is 0 Å². The van der Waals surface area contributed by atoms with Gasteiger partial charge in [0.15, 0.2) is 0 Å². The minimum atomic E-state index is -0.216. The van der Waals surface area contributed by atoms with Crippen LogP contribution in [0.25, 0.3) is 11.3 Å². The number of urea groups is 1. The van der Waals surface area contributed by atoms with Crippen molar-refractivity contribution in [3.8, 4) is 11.3 Å². The van der Waals surface area contributed by atoms with Crippen LogP contribution in [0.5, 0.6) is 0 Å². The topological polar surface area (TPSA) is 71.8 Å². The van der Waals surface area contributed by atoms with E-state index in [4.69, 9.17) is 0 Å². The zero-order valence-corrected chi connectivity index (χ0v) is 15.3. The summed E-state index contributed by atoms with van der Waals surface area (Å²) in [4.78, 5) is 16.7. The maximum atomic E-state index is 12.1. The predicted octanol–water partition coefficient (Wildman–Crippen LogP) is 3.41. The molecule has 0 saturated carbocycles. The molecule has 0 fully saturated rings. The van der Waals surface area contributed by atoms with Crippen molar-refractivity contribution in [2.75, 3.05) is 0 Å². The highest BCUT2D eigenvalue weighted by Gasteiger charge is 2.14. The summed E-state index contributed by atoms with van der Waals surface area (Å²) in [5.41, 5.74) is 4.07. The molecule has 3 rings (SSSR count). The Morgan fingerprint density at radius 3 is 2.76 bits per heavy atom. The van der Waals surface area contributed by atoms with Crippen LogP contribution in [0.1, 0.15) is 29.2 Å². The highest BCUT2D eigenvalue weighted by molar-refractivity contribution is 7.09. The van der Waals surface area contributed by atoms with Gasteiger partial charge in [0.05, 0.1) is 24.5 Å². The molecule has 0 aliphatic carbocycles. The molecule has 1 atom stereocenters. The molecular weight excluding hydrogens is 334 g/mol. The van der Waals surface area contributed by atoms with Crippen molar-refractivity contribution >= 4 is 17.4 Å². The number of benzene rings is 1. The van der Waals surface area contributed by atoms with Gasteiger partial charge in [-0.3, -0.25) is 4.68 Å². The number of aryl methyl sites for hydroxylation is 1. The molecule has 3 aromatic rings. The van der Waals surface area contributed by atoms with Crippen LogP contribution in [-0.4, -0.2) is 20.8 Å². The molecule has 6 nitrogen and oxygen atoms in total. The molecule has 7 heteroatoms. The first kappa shape index (κ1) is 17.2. The minimum Gasteiger partial charge on any atom is -0.332 e. The van der Waals surface area contributed by atoms with Crippen LogP contribution in [0.4, 0.5) is 4.79 Å². The Bertz CT molecular complexity index is 855. The third-order valence-electron chi connectivity index (χ3n) is 4.11. The summed E-state index contributed by atoms with van der Waals surface area (Å²) in [5, 5.41) is 12.9. The predicted molar refractivity (Wildman–Crippen MR) is 99.3 cm³/mol. The molecular formula is C18H21N5OS. The maximum Gasteiger partial charge on any atom is 0.315 e. The van der Waals surface area contributed by atoms with Gasteiger partial charge < -0.3 is 10.6 Å². The van der Waals surface area contributed by atoms with E-state index in [2.05, 4.69) is 20.7 Å². The summed E-state index contributed by atoms with van der Waals surface area (Å²) in [6.07, 6.45) is 1.78. The summed E-state index contributed by atoms with van der Waals surface area (Å²) in [5.74, 6) is 0. The maximum absolute atomic E-state index is 12.1. The molecule has 0 aliphatic rings. The molecule has 0 unspecified atom stereocenters. The fraction of sp³-hybridized carbons (Fsp3) is 0.278. The number of aromatic nitrogens is 3. The standard InChI is InChI=1S/C18H21N5OS/c1-12(15-9-20-23(3)13(15)2)21-18(24)19-10-17-22-16(11-25-17)14-7-5-4-6-8-14/h4-9,11-12H,10H2,1-3H3,(H2,19,21,24)/t12-/m1/s1. The molecule has 0 saturated heterocycles. The van der Waals surface area contributed by atoms with Crippen molar-refractivity contribution in [2.45, 2.75) is 26.4 Å². The van der Waals surface area contributed by atoms with E-state index in [9.17, 15) is 4.79 Å². The Hall–Kier alpha value is -2.67. The van der Waals surface area contributed by atoms with Crippen LogP contribution in [0.3, 0.4) is 0 Å². The molecule has 130 valence electrons. The van der Waals surface area contributed by atoms with Gasteiger partial charge in [-0.05, 0) is 13.8 Å². The lowest BCUT2D eigenvalue weighted by Gasteiger charge is -2.14. The summed E-state index contributed by atoms with van der Waals surface area (Å²) in [6, 6.07) is 9.68. The Kier molecular flexibility index (Phi) is 5.14. The minimum absolute atomic E-state index is 0.107. The number of amides is 2. The molecule has 2 aromatic heterocycles. The molecule has 2 heterocycles. The van der Waals surface area contributed by atoms with E-state index in [-0.39, 0.29) is 12.1 Å². The van der Waals surface area contributed by atoms with Crippen LogP contribution in [0.15, 0.2) is 41.9 Å². The molecule has 0 radical (unpaired) electrons. The fourth-order valence-corrected chi connectivity index (χ4v) is 3.30. The first-order valence-electron chi connectivity index (χ1n) is 8.07. The Morgan fingerprint density at radius 1 is 1.32 bits per heavy atom. The molecule has 25 heavy (non-hydrogen) atoms. The zero-order chi connectivity index (χ0) is 17.8. The van der Waals surface area contributed by atoms with Crippen LogP contribution in [-0.2, 0) is 13.6 Å². The van der Waals surface area contributed by atoms with Gasteiger partial charge in [-0.15, -0.1) is 11.3 Å². The van der Waals surface area contributed by atoms with E-state index >= 15 is 0 Å². The Labute approximate surface area is 150 Å². The molecule has 1 aromatic carbocycles. The zero-order valence-electron chi connectivity index (χ0n) is 14.5. The third-order valence-corrected chi connectivity index (χ3v) is 4.96. The van der Waals surface area contributed by atoms with E-state index in [1.807, 2.05) is 56.6 Å². The van der Waals surface area contributed by atoms with Crippen molar-refractivity contribution in [1.29, 1.82) is 0 Å². The monoisotopic (exact) mass is 355 g/mol. The summed E-state index contributed by atoms with van der Waals surface area (Å²) >= 11 is 1.54. The summed E-state index contributed by atoms with van der Waals surface area (Å²) < 4.78 is 1.80. The van der Waals surface area contributed by atoms with E-state index < -0.39 is 0 Å². The number of nitrogens with one attached hydrogen (secondary N) is 2. The van der Waals surface area contributed by atoms with Crippen molar-refractivity contribution < 1.29 is 4.79 Å². The largest absolute Gasteiger partial charge is 0.332 e. The van der Waals surface area contributed by atoms with Gasteiger partial charge in [0, 0.05) is 29.2 Å². The number of hydrogen-bond donors (Lipinski definition) is 2. The average molecular weight is 355 g/mol. The summed E-state index contributed by atoms with van der Waals surface area (Å²) in [7, 11) is 1.89. The molecule has 0 bridgehead atoms. The first-order chi connectivity index (χ1) is 12.0. The second-order valence-electron chi connectivity index (χ2n) is 5.85. The van der Waals surface area contributed by atoms with Crippen molar-refractivity contribution in [3.05, 3.63) is 58.2 Å². The van der Waals surface area contributed by atoms with E-state index in [1.54, 1.807) is 22.2 Å². The lowest BCUT2D eigenvalue weighted by atomic mass is 10.1. The second kappa shape index (κ2) is 7.48. The Morgan fingerprint density at radius 2 is 2.08 bits per heavy atom. The van der Waals surface area contributed by atoms with Crippen LogP contribution in [0, 0.1) is 6.92 Å². The van der Waals surface area contributed by atoms with Gasteiger partial charge in [-0.1, -0.05) is 30.3 Å². The van der Waals surface area contributed by atoms with Crippen LogP contribution >= 0.6 is 11.3 Å². The van der Waals surface area contributed by atoms with Gasteiger partial charge >= 0.3 is 6.03 Å². The number of carbonyl (C=O) groups is 1. The number of carbonyl (C=O) groups excluding carboxylic acids is 1. The van der Waals surface area contributed by atoms with Gasteiger partial charge in [0.1, 0.15) is 5.01 Å². The van der Waals surface area contributed by atoms with E-state index in [0.717, 1.165) is 27.5 Å². The van der Waals surface area contributed by atoms with Crippen LogP contribution < -0.4 is 10.6 Å². The van der Waals surface area contributed by atoms with Crippen molar-refractivity contribution in [1.82, 2.24) is 25.4 Å². The number of thiazole rings is 1. The Balaban J connectivity index is 1.54. The SMILES string of the molecule is Cc1c([C@@H](C)NC(=O)NCc2nc(-c3ccccc3)cs2)cnn1C. The van der Waals surface area contributed by atoms with Gasteiger partial charge in [-0.25, -0.2) is 9.78 Å². The van der Waals surface area contributed by atoms with E-state index in [0.29, 0.717) is 6.54 Å². The normalized spacial score (nSPS) is 12.0.